The number of rotatable bonds is 2. The fourth-order valence-electron chi connectivity index (χ4n) is 3.05. The summed E-state index contributed by atoms with van der Waals surface area (Å²) in [5.41, 5.74) is 10.0. The number of aromatic amines is 1. The maximum atomic E-state index is 12.2. The van der Waals surface area contributed by atoms with Crippen LogP contribution in [0.3, 0.4) is 0 Å². The van der Waals surface area contributed by atoms with Gasteiger partial charge in [0, 0.05) is 11.1 Å². The standard InChI is InChI=1S/C18H16N4O2/c23-17(13-5-4-11-2-1-3-12(11)8-13)21-22-18(24)14-6-7-15-16(9-14)20-10-19-15/h4-10H,1-3H2,(H,19,20)(H,21,23)(H,22,24). The summed E-state index contributed by atoms with van der Waals surface area (Å²) >= 11 is 0. The summed E-state index contributed by atoms with van der Waals surface area (Å²) in [6, 6.07) is 10.8. The van der Waals surface area contributed by atoms with E-state index >= 15 is 0 Å². The van der Waals surface area contributed by atoms with Crippen LogP contribution < -0.4 is 10.9 Å². The van der Waals surface area contributed by atoms with E-state index in [0.29, 0.717) is 11.1 Å². The van der Waals surface area contributed by atoms with Crippen molar-refractivity contribution in [3.63, 3.8) is 0 Å². The molecule has 0 bridgehead atoms. The molecule has 3 N–H and O–H groups in total. The van der Waals surface area contributed by atoms with Crippen LogP contribution in [0.25, 0.3) is 11.0 Å². The molecule has 0 aliphatic heterocycles. The fourth-order valence-corrected chi connectivity index (χ4v) is 3.05. The molecule has 0 unspecified atom stereocenters. The first-order valence-corrected chi connectivity index (χ1v) is 7.86. The van der Waals surface area contributed by atoms with Crippen LogP contribution in [0.4, 0.5) is 0 Å². The van der Waals surface area contributed by atoms with Crippen molar-refractivity contribution in [1.82, 2.24) is 20.8 Å². The van der Waals surface area contributed by atoms with Gasteiger partial charge < -0.3 is 4.98 Å². The number of carbonyl (C=O) groups is 2. The van der Waals surface area contributed by atoms with Gasteiger partial charge in [0.2, 0.25) is 0 Å². The van der Waals surface area contributed by atoms with Crippen molar-refractivity contribution in [2.75, 3.05) is 0 Å². The second kappa shape index (κ2) is 5.81. The molecule has 120 valence electrons. The molecule has 1 aliphatic carbocycles. The van der Waals surface area contributed by atoms with E-state index < -0.39 is 0 Å². The van der Waals surface area contributed by atoms with E-state index in [2.05, 4.69) is 20.8 Å². The lowest BCUT2D eigenvalue weighted by atomic mass is 10.1. The van der Waals surface area contributed by atoms with Crippen molar-refractivity contribution >= 4 is 22.8 Å². The second-order valence-electron chi connectivity index (χ2n) is 5.88. The van der Waals surface area contributed by atoms with Gasteiger partial charge in [-0.25, -0.2) is 4.98 Å². The lowest BCUT2D eigenvalue weighted by Gasteiger charge is -2.09. The molecule has 0 saturated carbocycles. The Morgan fingerprint density at radius 1 is 0.917 bits per heavy atom. The highest BCUT2D eigenvalue weighted by molar-refractivity contribution is 6.00. The van der Waals surface area contributed by atoms with Crippen molar-refractivity contribution < 1.29 is 9.59 Å². The van der Waals surface area contributed by atoms with Crippen LogP contribution >= 0.6 is 0 Å². The molecule has 4 rings (SSSR count). The molecule has 24 heavy (non-hydrogen) atoms. The zero-order valence-corrected chi connectivity index (χ0v) is 12.9. The molecule has 2 aromatic carbocycles. The van der Waals surface area contributed by atoms with E-state index in [1.807, 2.05) is 12.1 Å². The molecule has 3 aromatic rings. The third-order valence-corrected chi connectivity index (χ3v) is 4.33. The van der Waals surface area contributed by atoms with Crippen LogP contribution in [0.15, 0.2) is 42.7 Å². The first-order valence-electron chi connectivity index (χ1n) is 7.86. The van der Waals surface area contributed by atoms with E-state index in [0.717, 1.165) is 30.3 Å². The summed E-state index contributed by atoms with van der Waals surface area (Å²) in [7, 11) is 0. The molecule has 1 aliphatic rings. The predicted molar refractivity (Wildman–Crippen MR) is 89.5 cm³/mol. The summed E-state index contributed by atoms with van der Waals surface area (Å²) < 4.78 is 0. The number of aryl methyl sites for hydroxylation is 2. The average Bonchev–Trinajstić information content (AvgIpc) is 3.26. The zero-order valence-electron chi connectivity index (χ0n) is 12.9. The predicted octanol–water partition coefficient (Wildman–Crippen LogP) is 2.13. The fraction of sp³-hybridized carbons (Fsp3) is 0.167. The monoisotopic (exact) mass is 320 g/mol. The number of amides is 2. The number of carbonyl (C=O) groups excluding carboxylic acids is 2. The number of benzene rings is 2. The smallest absolute Gasteiger partial charge is 0.269 e. The van der Waals surface area contributed by atoms with E-state index in [-0.39, 0.29) is 11.8 Å². The number of fused-ring (bicyclic) bond motifs is 2. The normalized spacial score (nSPS) is 12.8. The topological polar surface area (TPSA) is 86.9 Å². The van der Waals surface area contributed by atoms with Crippen molar-refractivity contribution in [1.29, 1.82) is 0 Å². The SMILES string of the molecule is O=C(NNC(=O)c1ccc2nc[nH]c2c1)c1ccc2c(c1)CCC2. The highest BCUT2D eigenvalue weighted by Crippen LogP contribution is 2.22. The van der Waals surface area contributed by atoms with Gasteiger partial charge in [0.25, 0.3) is 11.8 Å². The molecule has 6 heteroatoms. The van der Waals surface area contributed by atoms with Crippen molar-refractivity contribution in [3.05, 3.63) is 65.0 Å². The van der Waals surface area contributed by atoms with Crippen molar-refractivity contribution in [2.24, 2.45) is 0 Å². The summed E-state index contributed by atoms with van der Waals surface area (Å²) in [5, 5.41) is 0. The number of aromatic nitrogens is 2. The molecular weight excluding hydrogens is 304 g/mol. The molecule has 0 saturated heterocycles. The molecule has 2 amide bonds. The van der Waals surface area contributed by atoms with Gasteiger partial charge in [-0.1, -0.05) is 6.07 Å². The Morgan fingerprint density at radius 3 is 2.46 bits per heavy atom. The van der Waals surface area contributed by atoms with E-state index in [1.165, 1.54) is 11.1 Å². The van der Waals surface area contributed by atoms with E-state index in [9.17, 15) is 9.59 Å². The Kier molecular flexibility index (Phi) is 3.49. The molecule has 1 heterocycles. The summed E-state index contributed by atoms with van der Waals surface area (Å²) in [6.07, 6.45) is 4.78. The Bertz CT molecular complexity index is 945. The van der Waals surface area contributed by atoms with Crippen LogP contribution in [0.1, 0.15) is 38.3 Å². The van der Waals surface area contributed by atoms with Crippen molar-refractivity contribution in [2.45, 2.75) is 19.3 Å². The molecule has 0 atom stereocenters. The molecule has 0 spiro atoms. The van der Waals surface area contributed by atoms with Gasteiger partial charge in [-0.15, -0.1) is 0 Å². The molecule has 0 radical (unpaired) electrons. The zero-order chi connectivity index (χ0) is 16.5. The molecule has 1 aromatic heterocycles. The highest BCUT2D eigenvalue weighted by Gasteiger charge is 2.15. The van der Waals surface area contributed by atoms with Crippen LogP contribution in [0.2, 0.25) is 0 Å². The Morgan fingerprint density at radius 2 is 1.62 bits per heavy atom. The van der Waals surface area contributed by atoms with E-state index in [1.54, 1.807) is 30.6 Å². The third kappa shape index (κ3) is 2.62. The van der Waals surface area contributed by atoms with Crippen LogP contribution in [-0.4, -0.2) is 21.8 Å². The lowest BCUT2D eigenvalue weighted by Crippen LogP contribution is -2.41. The van der Waals surface area contributed by atoms with Gasteiger partial charge in [0.1, 0.15) is 0 Å². The third-order valence-electron chi connectivity index (χ3n) is 4.33. The Labute approximate surface area is 138 Å². The highest BCUT2D eigenvalue weighted by atomic mass is 16.2. The Balaban J connectivity index is 1.43. The minimum atomic E-state index is -0.374. The average molecular weight is 320 g/mol. The maximum absolute atomic E-state index is 12.2. The van der Waals surface area contributed by atoms with Crippen molar-refractivity contribution in [3.8, 4) is 0 Å². The molecular formula is C18H16N4O2. The maximum Gasteiger partial charge on any atom is 0.269 e. The van der Waals surface area contributed by atoms with Gasteiger partial charge in [-0.05, 0) is 60.7 Å². The quantitative estimate of drug-likeness (QED) is 0.632. The first-order chi connectivity index (χ1) is 11.7. The number of hydrogen-bond acceptors (Lipinski definition) is 3. The minimum absolute atomic E-state index is 0.319. The number of H-pyrrole nitrogens is 1. The van der Waals surface area contributed by atoms with Gasteiger partial charge >= 0.3 is 0 Å². The van der Waals surface area contributed by atoms with E-state index in [4.69, 9.17) is 0 Å². The van der Waals surface area contributed by atoms with Gasteiger partial charge in [0.15, 0.2) is 0 Å². The molecule has 6 nitrogen and oxygen atoms in total. The van der Waals surface area contributed by atoms with Gasteiger partial charge in [-0.2, -0.15) is 0 Å². The van der Waals surface area contributed by atoms with Crippen LogP contribution in [0, 0.1) is 0 Å². The lowest BCUT2D eigenvalue weighted by molar-refractivity contribution is 0.0846. The number of nitrogens with one attached hydrogen (secondary N) is 3. The largest absolute Gasteiger partial charge is 0.345 e. The number of hydrazine groups is 1. The Hall–Kier alpha value is -3.15. The summed E-state index contributed by atoms with van der Waals surface area (Å²) in [6.45, 7) is 0. The van der Waals surface area contributed by atoms with Crippen LogP contribution in [0.5, 0.6) is 0 Å². The number of hydrogen-bond donors (Lipinski definition) is 3. The minimum Gasteiger partial charge on any atom is -0.345 e. The second-order valence-corrected chi connectivity index (χ2v) is 5.88. The number of nitrogens with zero attached hydrogens (tertiary/aromatic N) is 1. The van der Waals surface area contributed by atoms with Crippen LogP contribution in [-0.2, 0) is 12.8 Å². The number of imidazole rings is 1. The summed E-state index contributed by atoms with van der Waals surface area (Å²) in [5.74, 6) is -0.693. The van der Waals surface area contributed by atoms with Gasteiger partial charge in [0.05, 0.1) is 17.4 Å². The summed E-state index contributed by atoms with van der Waals surface area (Å²) in [4.78, 5) is 31.4. The molecule has 0 fully saturated rings. The first kappa shape index (κ1) is 14.4. The van der Waals surface area contributed by atoms with Gasteiger partial charge in [-0.3, -0.25) is 20.4 Å².